The van der Waals surface area contributed by atoms with Crippen molar-refractivity contribution in [3.63, 3.8) is 0 Å². The van der Waals surface area contributed by atoms with Crippen molar-refractivity contribution in [1.82, 2.24) is 41.3 Å². The zero-order chi connectivity index (χ0) is 48.1. The first kappa shape index (κ1) is 50.0. The number of phenols is 2. The number of amides is 5. The van der Waals surface area contributed by atoms with Gasteiger partial charge in [-0.25, -0.2) is 0 Å². The molecule has 0 aliphatic carbocycles. The number of aryl methyl sites for hydroxylation is 1. The summed E-state index contributed by atoms with van der Waals surface area (Å²) in [7, 11) is 0. The maximum atomic E-state index is 14.2. The van der Waals surface area contributed by atoms with Crippen molar-refractivity contribution in [2.24, 2.45) is 11.8 Å². The zero-order valence-corrected chi connectivity index (χ0v) is 39.1. The highest BCUT2D eigenvalue weighted by Gasteiger charge is 2.32. The van der Waals surface area contributed by atoms with Crippen molar-refractivity contribution < 1.29 is 34.2 Å². The Morgan fingerprint density at radius 2 is 1.26 bits per heavy atom. The molecule has 15 heteroatoms. The highest BCUT2D eigenvalue weighted by atomic mass is 16.3. The minimum Gasteiger partial charge on any atom is -0.508 e. The lowest BCUT2D eigenvalue weighted by molar-refractivity contribution is -0.133. The second-order valence-electron chi connectivity index (χ2n) is 17.7. The monoisotopic (exact) mass is 900 g/mol. The molecule has 0 saturated carbocycles. The summed E-state index contributed by atoms with van der Waals surface area (Å²) < 4.78 is 1.45. The molecule has 4 unspecified atom stereocenters. The number of hydrogen-bond acceptors (Lipinski definition) is 9. The van der Waals surface area contributed by atoms with Gasteiger partial charge in [-0.1, -0.05) is 102 Å². The maximum absolute atomic E-state index is 14.2. The molecule has 4 aromatic carbocycles. The second kappa shape index (κ2) is 23.2. The first-order valence-corrected chi connectivity index (χ1v) is 22.7. The lowest BCUT2D eigenvalue weighted by Gasteiger charge is -2.28. The number of hydrogen-bond donors (Lipinski definition) is 7. The third kappa shape index (κ3) is 13.3. The summed E-state index contributed by atoms with van der Waals surface area (Å²) >= 11 is 0. The van der Waals surface area contributed by atoms with E-state index in [1.165, 1.54) is 22.8 Å². The molecule has 5 amide bonds. The van der Waals surface area contributed by atoms with Crippen molar-refractivity contribution in [2.75, 3.05) is 6.54 Å². The van der Waals surface area contributed by atoms with Crippen molar-refractivity contribution in [3.05, 3.63) is 125 Å². The Morgan fingerprint density at radius 3 is 1.85 bits per heavy atom. The Morgan fingerprint density at radius 1 is 0.652 bits per heavy atom. The number of rotatable bonds is 21. The van der Waals surface area contributed by atoms with Gasteiger partial charge >= 0.3 is 0 Å². The smallest absolute Gasteiger partial charge is 0.289 e. The number of phenolic OH excluding ortho intramolecular Hbond substituents is 2. The standard InChI is InChI=1S/C51H64N8O7/c1-9-52-51(66)46-58-57-45(39-28-38(31(4)5)42(60)29-43(39)61)59(46)37-23-21-36(22-24-37)47(62)56-44(32(6)7)50(65)54-40(25-20-34-16-12-10-13-17-34)48(63)55-41(26-30(2)3)49(64)53-33(8)27-35-18-14-11-15-19-35/h10-19,21-24,28-33,40-41,44,60-61H,9,20,25-27H2,1-8H3,(H,52,66)(H,53,64)(H,54,65)(H,55,63)(H,56,62). The molecule has 0 spiro atoms. The fourth-order valence-corrected chi connectivity index (χ4v) is 7.67. The average Bonchev–Trinajstić information content (AvgIpc) is 3.72. The summed E-state index contributed by atoms with van der Waals surface area (Å²) in [4.78, 5) is 69.1. The molecular formula is C51H64N8O7. The predicted octanol–water partition coefficient (Wildman–Crippen LogP) is 6.37. The van der Waals surface area contributed by atoms with Gasteiger partial charge in [0.1, 0.15) is 29.6 Å². The maximum Gasteiger partial charge on any atom is 0.289 e. The summed E-state index contributed by atoms with van der Waals surface area (Å²) in [5.41, 5.74) is 3.41. The molecule has 15 nitrogen and oxygen atoms in total. The number of carbonyl (C=O) groups is 5. The van der Waals surface area contributed by atoms with E-state index in [2.05, 4.69) is 36.8 Å². The predicted molar refractivity (Wildman–Crippen MR) is 254 cm³/mol. The molecule has 0 radical (unpaired) electrons. The molecule has 66 heavy (non-hydrogen) atoms. The van der Waals surface area contributed by atoms with E-state index in [1.807, 2.05) is 95.3 Å². The van der Waals surface area contributed by atoms with Crippen LogP contribution in [0.4, 0.5) is 0 Å². The molecule has 5 aromatic rings. The van der Waals surface area contributed by atoms with E-state index in [-0.39, 0.29) is 64.5 Å². The van der Waals surface area contributed by atoms with Gasteiger partial charge in [-0.05, 0) is 104 Å². The number of aromatic hydroxyl groups is 2. The second-order valence-corrected chi connectivity index (χ2v) is 17.7. The molecular weight excluding hydrogens is 837 g/mol. The molecule has 0 aliphatic heterocycles. The van der Waals surface area contributed by atoms with Crippen LogP contribution in [0.15, 0.2) is 97.1 Å². The van der Waals surface area contributed by atoms with Crippen LogP contribution in [0.2, 0.25) is 0 Å². The quantitative estimate of drug-likeness (QED) is 0.0435. The van der Waals surface area contributed by atoms with Crippen molar-refractivity contribution >= 4 is 29.5 Å². The van der Waals surface area contributed by atoms with Crippen LogP contribution in [-0.2, 0) is 27.2 Å². The fourth-order valence-electron chi connectivity index (χ4n) is 7.67. The number of benzene rings is 4. The third-order valence-electron chi connectivity index (χ3n) is 11.1. The van der Waals surface area contributed by atoms with Gasteiger partial charge in [0.2, 0.25) is 23.5 Å². The topological polar surface area (TPSA) is 217 Å². The van der Waals surface area contributed by atoms with Crippen molar-refractivity contribution in [1.29, 1.82) is 0 Å². The van der Waals surface area contributed by atoms with Gasteiger partial charge in [-0.2, -0.15) is 0 Å². The van der Waals surface area contributed by atoms with Gasteiger partial charge in [0, 0.05) is 29.9 Å². The number of carbonyl (C=O) groups excluding carboxylic acids is 5. The van der Waals surface area contributed by atoms with Gasteiger partial charge in [0.25, 0.3) is 11.8 Å². The molecule has 7 N–H and O–H groups in total. The van der Waals surface area contributed by atoms with Gasteiger partial charge in [-0.3, -0.25) is 28.5 Å². The third-order valence-corrected chi connectivity index (χ3v) is 11.1. The van der Waals surface area contributed by atoms with Crippen LogP contribution in [0.1, 0.15) is 112 Å². The molecule has 0 bridgehead atoms. The summed E-state index contributed by atoms with van der Waals surface area (Å²) in [5.74, 6) is -3.21. The molecule has 0 aliphatic rings. The lowest BCUT2D eigenvalue weighted by atomic mass is 9.98. The summed E-state index contributed by atoms with van der Waals surface area (Å²) in [6, 6.07) is 25.3. The normalized spacial score (nSPS) is 13.1. The van der Waals surface area contributed by atoms with E-state index in [0.29, 0.717) is 37.1 Å². The van der Waals surface area contributed by atoms with E-state index in [9.17, 15) is 34.2 Å². The van der Waals surface area contributed by atoms with Gasteiger partial charge in [-0.15, -0.1) is 10.2 Å². The van der Waals surface area contributed by atoms with E-state index in [4.69, 9.17) is 0 Å². The van der Waals surface area contributed by atoms with Crippen LogP contribution in [0, 0.1) is 11.8 Å². The number of nitrogens with zero attached hydrogens (tertiary/aromatic N) is 3. The summed E-state index contributed by atoms with van der Waals surface area (Å²) in [6.45, 7) is 15.3. The first-order chi connectivity index (χ1) is 31.5. The van der Waals surface area contributed by atoms with Crippen molar-refractivity contribution in [2.45, 2.75) is 111 Å². The Bertz CT molecular complexity index is 2440. The highest BCUT2D eigenvalue weighted by Crippen LogP contribution is 2.38. The molecule has 1 aromatic heterocycles. The Hall–Kier alpha value is -7.03. The Labute approximate surface area is 387 Å². The van der Waals surface area contributed by atoms with Crippen molar-refractivity contribution in [3.8, 4) is 28.6 Å². The molecule has 5 rings (SSSR count). The highest BCUT2D eigenvalue weighted by molar-refractivity contribution is 5.99. The fraction of sp³-hybridized carbons (Fsp3) is 0.392. The van der Waals surface area contributed by atoms with Gasteiger partial charge in [0.05, 0.1) is 5.56 Å². The van der Waals surface area contributed by atoms with Crippen LogP contribution in [0.25, 0.3) is 17.1 Å². The lowest BCUT2D eigenvalue weighted by Crippen LogP contribution is -2.58. The van der Waals surface area contributed by atoms with E-state index >= 15 is 0 Å². The Kier molecular flexibility index (Phi) is 17.6. The molecule has 0 fully saturated rings. The molecule has 0 saturated heterocycles. The van der Waals surface area contributed by atoms with Crippen LogP contribution in [0.3, 0.4) is 0 Å². The van der Waals surface area contributed by atoms with Crippen LogP contribution < -0.4 is 26.6 Å². The Balaban J connectivity index is 1.36. The summed E-state index contributed by atoms with van der Waals surface area (Å²) in [5, 5.41) is 44.3. The number of aromatic nitrogens is 3. The first-order valence-electron chi connectivity index (χ1n) is 22.7. The van der Waals surface area contributed by atoms with Gasteiger partial charge < -0.3 is 36.8 Å². The minimum atomic E-state index is -1.06. The van der Waals surface area contributed by atoms with Crippen LogP contribution >= 0.6 is 0 Å². The molecule has 1 heterocycles. The van der Waals surface area contributed by atoms with E-state index in [0.717, 1.165) is 11.1 Å². The average molecular weight is 901 g/mol. The zero-order valence-electron chi connectivity index (χ0n) is 39.1. The largest absolute Gasteiger partial charge is 0.508 e. The molecule has 350 valence electrons. The summed E-state index contributed by atoms with van der Waals surface area (Å²) in [6.07, 6.45) is 1.68. The van der Waals surface area contributed by atoms with Gasteiger partial charge in [0.15, 0.2) is 5.82 Å². The number of nitrogens with one attached hydrogen (secondary N) is 5. The van der Waals surface area contributed by atoms with E-state index < -0.39 is 47.7 Å². The minimum absolute atomic E-state index is 0.0706. The SMILES string of the molecule is CCNC(=O)c1nnc(-c2cc(C(C)C)c(O)cc2O)n1-c1ccc(C(=O)NC(C(=O)NC(CCc2ccccc2)C(=O)NC(CC(C)C)C(=O)NC(C)Cc2ccccc2)C(C)C)cc1. The van der Waals surface area contributed by atoms with E-state index in [1.54, 1.807) is 39.0 Å². The molecule has 4 atom stereocenters. The van der Waals surface area contributed by atoms with Crippen LogP contribution in [-0.4, -0.2) is 85.2 Å². The van der Waals surface area contributed by atoms with Crippen LogP contribution in [0.5, 0.6) is 11.5 Å².